The van der Waals surface area contributed by atoms with Crippen LogP contribution in [0.5, 0.6) is 0 Å². The molecule has 1 aliphatic rings. The van der Waals surface area contributed by atoms with Gasteiger partial charge in [0, 0.05) is 18.6 Å². The Morgan fingerprint density at radius 1 is 1.41 bits per heavy atom. The molecular formula is C13H22ClN3. The number of aryl methyl sites for hydroxylation is 2. The van der Waals surface area contributed by atoms with Crippen LogP contribution in [0.2, 0.25) is 5.02 Å². The van der Waals surface area contributed by atoms with Gasteiger partial charge in [-0.3, -0.25) is 4.68 Å². The second-order valence-electron chi connectivity index (χ2n) is 5.14. The molecular weight excluding hydrogens is 234 g/mol. The molecule has 0 atom stereocenters. The fourth-order valence-electron chi connectivity index (χ4n) is 2.37. The van der Waals surface area contributed by atoms with Crippen molar-refractivity contribution in [3.63, 3.8) is 0 Å². The minimum Gasteiger partial charge on any atom is -0.306 e. The molecule has 1 aromatic heterocycles. The van der Waals surface area contributed by atoms with Gasteiger partial charge >= 0.3 is 0 Å². The van der Waals surface area contributed by atoms with E-state index < -0.39 is 0 Å². The SMILES string of the molecule is CCc1nn(CC)c(CNC2(C)CCC2)c1Cl. The lowest BCUT2D eigenvalue weighted by Gasteiger charge is -2.39. The molecule has 0 radical (unpaired) electrons. The third kappa shape index (κ3) is 2.50. The highest BCUT2D eigenvalue weighted by Crippen LogP contribution is 2.32. The number of rotatable bonds is 5. The van der Waals surface area contributed by atoms with Gasteiger partial charge in [0.05, 0.1) is 16.4 Å². The molecule has 1 aliphatic carbocycles. The Labute approximate surface area is 109 Å². The largest absolute Gasteiger partial charge is 0.306 e. The van der Waals surface area contributed by atoms with Gasteiger partial charge in [0.1, 0.15) is 0 Å². The number of halogens is 1. The van der Waals surface area contributed by atoms with Crippen molar-refractivity contribution in [1.82, 2.24) is 15.1 Å². The fourth-order valence-corrected chi connectivity index (χ4v) is 2.70. The quantitative estimate of drug-likeness (QED) is 0.876. The molecule has 1 aromatic rings. The van der Waals surface area contributed by atoms with Crippen molar-refractivity contribution in [3.05, 3.63) is 16.4 Å². The van der Waals surface area contributed by atoms with Gasteiger partial charge in [-0.1, -0.05) is 18.5 Å². The highest BCUT2D eigenvalue weighted by atomic mass is 35.5. The van der Waals surface area contributed by atoms with E-state index in [1.165, 1.54) is 19.3 Å². The van der Waals surface area contributed by atoms with E-state index in [0.29, 0.717) is 5.54 Å². The van der Waals surface area contributed by atoms with Gasteiger partial charge in [0.2, 0.25) is 0 Å². The Balaban J connectivity index is 2.10. The number of hydrogen-bond acceptors (Lipinski definition) is 2. The summed E-state index contributed by atoms with van der Waals surface area (Å²) < 4.78 is 2.02. The van der Waals surface area contributed by atoms with E-state index in [1.54, 1.807) is 0 Å². The van der Waals surface area contributed by atoms with E-state index in [1.807, 2.05) is 4.68 Å². The molecule has 2 rings (SSSR count). The molecule has 17 heavy (non-hydrogen) atoms. The van der Waals surface area contributed by atoms with Crippen molar-refractivity contribution < 1.29 is 0 Å². The molecule has 1 saturated carbocycles. The predicted molar refractivity (Wildman–Crippen MR) is 71.4 cm³/mol. The molecule has 0 amide bonds. The Morgan fingerprint density at radius 2 is 2.12 bits per heavy atom. The normalized spacial score (nSPS) is 18.1. The number of nitrogens with zero attached hydrogens (tertiary/aromatic N) is 2. The molecule has 0 bridgehead atoms. The molecule has 0 spiro atoms. The molecule has 3 nitrogen and oxygen atoms in total. The monoisotopic (exact) mass is 255 g/mol. The van der Waals surface area contributed by atoms with Crippen molar-refractivity contribution in [3.8, 4) is 0 Å². The summed E-state index contributed by atoms with van der Waals surface area (Å²) >= 11 is 6.38. The fraction of sp³-hybridized carbons (Fsp3) is 0.769. The van der Waals surface area contributed by atoms with E-state index in [2.05, 4.69) is 31.2 Å². The van der Waals surface area contributed by atoms with Crippen LogP contribution in [-0.4, -0.2) is 15.3 Å². The molecule has 0 aromatic carbocycles. The van der Waals surface area contributed by atoms with Crippen LogP contribution >= 0.6 is 11.6 Å². The summed E-state index contributed by atoms with van der Waals surface area (Å²) in [4.78, 5) is 0. The third-order valence-corrected chi connectivity index (χ3v) is 4.27. The summed E-state index contributed by atoms with van der Waals surface area (Å²) in [7, 11) is 0. The van der Waals surface area contributed by atoms with Gasteiger partial charge in [-0.05, 0) is 39.5 Å². The number of nitrogens with one attached hydrogen (secondary N) is 1. The number of hydrogen-bond donors (Lipinski definition) is 1. The van der Waals surface area contributed by atoms with Crippen LogP contribution in [0.25, 0.3) is 0 Å². The highest BCUT2D eigenvalue weighted by Gasteiger charge is 2.31. The second kappa shape index (κ2) is 4.99. The first-order valence-electron chi connectivity index (χ1n) is 6.58. The minimum absolute atomic E-state index is 0.318. The van der Waals surface area contributed by atoms with Crippen LogP contribution in [0.1, 0.15) is 51.4 Å². The van der Waals surface area contributed by atoms with Crippen LogP contribution in [0.15, 0.2) is 0 Å². The smallest absolute Gasteiger partial charge is 0.0863 e. The molecule has 96 valence electrons. The average molecular weight is 256 g/mol. The van der Waals surface area contributed by atoms with Gasteiger partial charge < -0.3 is 5.32 Å². The van der Waals surface area contributed by atoms with E-state index in [9.17, 15) is 0 Å². The molecule has 1 fully saturated rings. The second-order valence-corrected chi connectivity index (χ2v) is 5.52. The summed E-state index contributed by atoms with van der Waals surface area (Å²) in [6.07, 6.45) is 4.78. The molecule has 0 saturated heterocycles. The van der Waals surface area contributed by atoms with Gasteiger partial charge in [-0.25, -0.2) is 0 Å². The van der Waals surface area contributed by atoms with Crippen LogP contribution in [0, 0.1) is 0 Å². The van der Waals surface area contributed by atoms with Gasteiger partial charge in [0.15, 0.2) is 0 Å². The lowest BCUT2D eigenvalue weighted by Crippen LogP contribution is -2.47. The molecule has 0 unspecified atom stereocenters. The first-order chi connectivity index (χ1) is 8.09. The van der Waals surface area contributed by atoms with E-state index >= 15 is 0 Å². The molecule has 4 heteroatoms. The summed E-state index contributed by atoms with van der Waals surface area (Å²) in [5.41, 5.74) is 2.47. The Morgan fingerprint density at radius 3 is 2.59 bits per heavy atom. The molecule has 1 N–H and O–H groups in total. The van der Waals surface area contributed by atoms with Crippen LogP contribution in [0.4, 0.5) is 0 Å². The van der Waals surface area contributed by atoms with Crippen molar-refractivity contribution >= 4 is 11.6 Å². The standard InChI is InChI=1S/C13H22ClN3/c1-4-10-12(14)11(17(5-2)16-10)9-15-13(3)7-6-8-13/h15H,4-9H2,1-3H3. The summed E-state index contributed by atoms with van der Waals surface area (Å²) in [6.45, 7) is 8.21. The number of aromatic nitrogens is 2. The Kier molecular flexibility index (Phi) is 3.79. The van der Waals surface area contributed by atoms with Gasteiger partial charge in [0.25, 0.3) is 0 Å². The first kappa shape index (κ1) is 12.9. The maximum absolute atomic E-state index is 6.38. The van der Waals surface area contributed by atoms with E-state index in [0.717, 1.165) is 35.9 Å². The third-order valence-electron chi connectivity index (χ3n) is 3.83. The van der Waals surface area contributed by atoms with Crippen molar-refractivity contribution in [2.75, 3.05) is 0 Å². The summed E-state index contributed by atoms with van der Waals surface area (Å²) in [5, 5.41) is 9.01. The maximum Gasteiger partial charge on any atom is 0.0863 e. The lowest BCUT2D eigenvalue weighted by molar-refractivity contribution is 0.205. The highest BCUT2D eigenvalue weighted by molar-refractivity contribution is 6.31. The topological polar surface area (TPSA) is 29.9 Å². The van der Waals surface area contributed by atoms with Crippen molar-refractivity contribution in [1.29, 1.82) is 0 Å². The molecule has 0 aliphatic heterocycles. The van der Waals surface area contributed by atoms with E-state index in [4.69, 9.17) is 11.6 Å². The summed E-state index contributed by atoms with van der Waals surface area (Å²) in [5.74, 6) is 0. The van der Waals surface area contributed by atoms with Crippen LogP contribution in [-0.2, 0) is 19.5 Å². The van der Waals surface area contributed by atoms with Crippen LogP contribution in [0.3, 0.4) is 0 Å². The average Bonchev–Trinajstić information content (AvgIpc) is 2.60. The Bertz CT molecular complexity index is 394. The first-order valence-corrected chi connectivity index (χ1v) is 6.96. The summed E-state index contributed by atoms with van der Waals surface area (Å²) in [6, 6.07) is 0. The maximum atomic E-state index is 6.38. The van der Waals surface area contributed by atoms with Gasteiger partial charge in [-0.2, -0.15) is 5.10 Å². The van der Waals surface area contributed by atoms with Crippen molar-refractivity contribution in [2.24, 2.45) is 0 Å². The predicted octanol–water partition coefficient (Wildman–Crippen LogP) is 3.15. The lowest BCUT2D eigenvalue weighted by atomic mass is 9.78. The van der Waals surface area contributed by atoms with E-state index in [-0.39, 0.29) is 0 Å². The molecule has 1 heterocycles. The zero-order valence-corrected chi connectivity index (χ0v) is 11.8. The Hall–Kier alpha value is -0.540. The zero-order chi connectivity index (χ0) is 12.5. The minimum atomic E-state index is 0.318. The van der Waals surface area contributed by atoms with Gasteiger partial charge in [-0.15, -0.1) is 0 Å². The van der Waals surface area contributed by atoms with Crippen molar-refractivity contribution in [2.45, 2.75) is 65.1 Å². The zero-order valence-electron chi connectivity index (χ0n) is 11.0. The van der Waals surface area contributed by atoms with Crippen LogP contribution < -0.4 is 5.32 Å².